The van der Waals surface area contributed by atoms with Crippen molar-refractivity contribution < 1.29 is 9.47 Å². The minimum Gasteiger partial charge on any atom is -0.492 e. The molecular weight excluding hydrogens is 336 g/mol. The lowest BCUT2D eigenvalue weighted by Crippen LogP contribution is -2.38. The standard InChI is InChI=1S/C23H28N2O2/c1-18-15-19(2)23(27-14-11-25-9-12-26-13-10-25)22(16-18)17-21-6-4-3-5-20(21)7-8-24/h3-6,15-16H,7,9-14,17H2,1-2H3. The van der Waals surface area contributed by atoms with Crippen molar-refractivity contribution in [3.63, 3.8) is 0 Å². The van der Waals surface area contributed by atoms with Crippen LogP contribution in [0, 0.1) is 25.2 Å². The normalized spacial score (nSPS) is 14.7. The highest BCUT2D eigenvalue weighted by molar-refractivity contribution is 5.47. The first-order valence-corrected chi connectivity index (χ1v) is 9.64. The van der Waals surface area contributed by atoms with Crippen LogP contribution in [0.3, 0.4) is 0 Å². The number of hydrogen-bond donors (Lipinski definition) is 0. The molecule has 1 heterocycles. The largest absolute Gasteiger partial charge is 0.492 e. The van der Waals surface area contributed by atoms with Gasteiger partial charge in [-0.25, -0.2) is 0 Å². The molecule has 0 atom stereocenters. The van der Waals surface area contributed by atoms with Gasteiger partial charge in [-0.15, -0.1) is 0 Å². The van der Waals surface area contributed by atoms with Crippen LogP contribution >= 0.6 is 0 Å². The molecule has 1 aliphatic rings. The summed E-state index contributed by atoms with van der Waals surface area (Å²) >= 11 is 0. The fourth-order valence-corrected chi connectivity index (χ4v) is 3.67. The summed E-state index contributed by atoms with van der Waals surface area (Å²) in [6.07, 6.45) is 1.22. The van der Waals surface area contributed by atoms with Gasteiger partial charge in [0, 0.05) is 26.1 Å². The van der Waals surface area contributed by atoms with Crippen LogP contribution in [0.1, 0.15) is 27.8 Å². The van der Waals surface area contributed by atoms with Crippen LogP contribution in [0.4, 0.5) is 0 Å². The van der Waals surface area contributed by atoms with Crippen molar-refractivity contribution in [2.75, 3.05) is 39.5 Å². The van der Waals surface area contributed by atoms with Gasteiger partial charge in [-0.3, -0.25) is 4.90 Å². The smallest absolute Gasteiger partial charge is 0.125 e. The van der Waals surface area contributed by atoms with Crippen LogP contribution in [0.5, 0.6) is 5.75 Å². The number of nitriles is 1. The highest BCUT2D eigenvalue weighted by Gasteiger charge is 2.14. The lowest BCUT2D eigenvalue weighted by molar-refractivity contribution is 0.0321. The molecule has 0 radical (unpaired) electrons. The van der Waals surface area contributed by atoms with Crippen molar-refractivity contribution in [2.24, 2.45) is 0 Å². The lowest BCUT2D eigenvalue weighted by Gasteiger charge is -2.26. The second-order valence-corrected chi connectivity index (χ2v) is 7.15. The second-order valence-electron chi connectivity index (χ2n) is 7.15. The minimum atomic E-state index is 0.439. The monoisotopic (exact) mass is 364 g/mol. The van der Waals surface area contributed by atoms with Crippen molar-refractivity contribution in [1.29, 1.82) is 5.26 Å². The summed E-state index contributed by atoms with van der Waals surface area (Å²) in [5.74, 6) is 0.987. The molecule has 1 fully saturated rings. The van der Waals surface area contributed by atoms with E-state index in [0.717, 1.165) is 50.6 Å². The number of ether oxygens (including phenoxy) is 2. The van der Waals surface area contributed by atoms with E-state index in [2.05, 4.69) is 43.0 Å². The Morgan fingerprint density at radius 1 is 1.07 bits per heavy atom. The van der Waals surface area contributed by atoms with Gasteiger partial charge in [0.05, 0.1) is 25.7 Å². The molecular formula is C23H28N2O2. The van der Waals surface area contributed by atoms with Crippen molar-refractivity contribution in [3.8, 4) is 11.8 Å². The number of rotatable bonds is 7. The summed E-state index contributed by atoms with van der Waals surface area (Å²) < 4.78 is 11.7. The van der Waals surface area contributed by atoms with E-state index < -0.39 is 0 Å². The third-order valence-electron chi connectivity index (χ3n) is 5.02. The average Bonchev–Trinajstić information content (AvgIpc) is 2.66. The summed E-state index contributed by atoms with van der Waals surface area (Å²) in [6, 6.07) is 14.8. The van der Waals surface area contributed by atoms with E-state index in [-0.39, 0.29) is 0 Å². The summed E-state index contributed by atoms with van der Waals surface area (Å²) in [6.45, 7) is 9.40. The molecule has 4 nitrogen and oxygen atoms in total. The topological polar surface area (TPSA) is 45.5 Å². The van der Waals surface area contributed by atoms with Crippen molar-refractivity contribution in [1.82, 2.24) is 4.90 Å². The van der Waals surface area contributed by atoms with Gasteiger partial charge in [0.15, 0.2) is 0 Å². The highest BCUT2D eigenvalue weighted by Crippen LogP contribution is 2.29. The molecule has 2 aromatic carbocycles. The third-order valence-corrected chi connectivity index (χ3v) is 5.02. The Hall–Kier alpha value is -2.35. The molecule has 142 valence electrons. The van der Waals surface area contributed by atoms with E-state index in [9.17, 15) is 0 Å². The van der Waals surface area contributed by atoms with Crippen LogP contribution in [0.15, 0.2) is 36.4 Å². The van der Waals surface area contributed by atoms with Crippen LogP contribution < -0.4 is 4.74 Å². The summed E-state index contributed by atoms with van der Waals surface area (Å²) in [7, 11) is 0. The summed E-state index contributed by atoms with van der Waals surface area (Å²) in [5.41, 5.74) is 5.89. The molecule has 3 rings (SSSR count). The maximum atomic E-state index is 9.10. The van der Waals surface area contributed by atoms with Gasteiger partial charge in [0.2, 0.25) is 0 Å². The quantitative estimate of drug-likeness (QED) is 0.752. The van der Waals surface area contributed by atoms with Crippen molar-refractivity contribution in [3.05, 3.63) is 64.2 Å². The van der Waals surface area contributed by atoms with E-state index in [1.54, 1.807) is 0 Å². The molecule has 4 heteroatoms. The fraction of sp³-hybridized carbons (Fsp3) is 0.435. The molecule has 0 unspecified atom stereocenters. The summed E-state index contributed by atoms with van der Waals surface area (Å²) in [4.78, 5) is 2.38. The molecule has 2 aromatic rings. The zero-order chi connectivity index (χ0) is 19.1. The third kappa shape index (κ3) is 5.32. The maximum Gasteiger partial charge on any atom is 0.125 e. The van der Waals surface area contributed by atoms with E-state index >= 15 is 0 Å². The number of benzene rings is 2. The van der Waals surface area contributed by atoms with Gasteiger partial charge >= 0.3 is 0 Å². The van der Waals surface area contributed by atoms with Gasteiger partial charge in [0.1, 0.15) is 12.4 Å². The van der Waals surface area contributed by atoms with E-state index in [1.807, 2.05) is 18.2 Å². The van der Waals surface area contributed by atoms with Crippen LogP contribution in [-0.2, 0) is 17.6 Å². The Kier molecular flexibility index (Phi) is 6.86. The van der Waals surface area contributed by atoms with Crippen molar-refractivity contribution >= 4 is 0 Å². The number of nitrogens with zero attached hydrogens (tertiary/aromatic N) is 2. The number of morpholine rings is 1. The number of hydrogen-bond acceptors (Lipinski definition) is 4. The molecule has 0 N–H and O–H groups in total. The predicted molar refractivity (Wildman–Crippen MR) is 107 cm³/mol. The summed E-state index contributed by atoms with van der Waals surface area (Å²) in [5, 5.41) is 9.10. The Morgan fingerprint density at radius 2 is 1.81 bits per heavy atom. The van der Waals surface area contributed by atoms with Gasteiger partial charge in [-0.05, 0) is 36.1 Å². The Bertz CT molecular complexity index is 805. The Morgan fingerprint density at radius 3 is 2.56 bits per heavy atom. The van der Waals surface area contributed by atoms with Gasteiger partial charge in [0.25, 0.3) is 0 Å². The van der Waals surface area contributed by atoms with Crippen molar-refractivity contribution in [2.45, 2.75) is 26.7 Å². The Labute approximate surface area is 162 Å². The molecule has 0 aromatic heterocycles. The first kappa shape index (κ1) is 19.4. The van der Waals surface area contributed by atoms with E-state index in [0.29, 0.717) is 13.0 Å². The van der Waals surface area contributed by atoms with Crippen LogP contribution in [-0.4, -0.2) is 44.4 Å². The zero-order valence-corrected chi connectivity index (χ0v) is 16.3. The minimum absolute atomic E-state index is 0.439. The predicted octanol–water partition coefficient (Wildman–Crippen LogP) is 3.67. The first-order chi connectivity index (χ1) is 13.2. The maximum absolute atomic E-state index is 9.10. The molecule has 0 aliphatic carbocycles. The molecule has 27 heavy (non-hydrogen) atoms. The molecule has 1 aliphatic heterocycles. The fourth-order valence-electron chi connectivity index (χ4n) is 3.67. The van der Waals surface area contributed by atoms with E-state index in [4.69, 9.17) is 14.7 Å². The molecule has 1 saturated heterocycles. The lowest BCUT2D eigenvalue weighted by atomic mass is 9.95. The molecule has 0 saturated carbocycles. The number of aryl methyl sites for hydroxylation is 2. The van der Waals surface area contributed by atoms with Gasteiger partial charge < -0.3 is 9.47 Å². The molecule has 0 bridgehead atoms. The molecule has 0 spiro atoms. The van der Waals surface area contributed by atoms with Gasteiger partial charge in [-0.1, -0.05) is 42.0 Å². The van der Waals surface area contributed by atoms with E-state index in [1.165, 1.54) is 22.3 Å². The SMILES string of the molecule is Cc1cc(C)c(OCCN2CCOCC2)c(Cc2ccccc2CC#N)c1. The second kappa shape index (κ2) is 9.55. The average molecular weight is 364 g/mol. The molecule has 0 amide bonds. The van der Waals surface area contributed by atoms with Gasteiger partial charge in [-0.2, -0.15) is 5.26 Å². The Balaban J connectivity index is 1.75. The van der Waals surface area contributed by atoms with Crippen LogP contribution in [0.25, 0.3) is 0 Å². The van der Waals surface area contributed by atoms with Crippen LogP contribution in [0.2, 0.25) is 0 Å². The first-order valence-electron chi connectivity index (χ1n) is 9.64. The zero-order valence-electron chi connectivity index (χ0n) is 16.3. The highest BCUT2D eigenvalue weighted by atomic mass is 16.5.